The van der Waals surface area contributed by atoms with E-state index in [-0.39, 0.29) is 11.1 Å². The van der Waals surface area contributed by atoms with Crippen LogP contribution in [-0.4, -0.2) is 23.2 Å². The third-order valence-corrected chi connectivity index (χ3v) is 4.48. The normalized spacial score (nSPS) is 13.3. The SMILES string of the molecule is CCCn1c(C(CC)c2ccccc2)nnc1S(=O)(=O)Cl. The van der Waals surface area contributed by atoms with Gasteiger partial charge in [-0.2, -0.15) is 0 Å². The van der Waals surface area contributed by atoms with Crippen LogP contribution in [0.5, 0.6) is 0 Å². The van der Waals surface area contributed by atoms with Crippen molar-refractivity contribution < 1.29 is 8.42 Å². The Morgan fingerprint density at radius 3 is 2.38 bits per heavy atom. The Morgan fingerprint density at radius 2 is 1.86 bits per heavy atom. The zero-order chi connectivity index (χ0) is 15.5. The maximum Gasteiger partial charge on any atom is 0.296 e. The Hall–Kier alpha value is -1.40. The fourth-order valence-corrected chi connectivity index (χ4v) is 3.35. The van der Waals surface area contributed by atoms with Crippen molar-refractivity contribution in [2.75, 3.05) is 0 Å². The summed E-state index contributed by atoms with van der Waals surface area (Å²) < 4.78 is 24.9. The molecule has 0 fully saturated rings. The number of rotatable bonds is 6. The first-order valence-corrected chi connectivity index (χ1v) is 9.22. The van der Waals surface area contributed by atoms with Crippen LogP contribution in [-0.2, 0) is 15.6 Å². The van der Waals surface area contributed by atoms with Crippen molar-refractivity contribution in [2.24, 2.45) is 0 Å². The summed E-state index contributed by atoms with van der Waals surface area (Å²) in [6.45, 7) is 4.53. The molecule has 0 spiro atoms. The number of aromatic nitrogens is 3. The van der Waals surface area contributed by atoms with E-state index in [2.05, 4.69) is 10.2 Å². The molecule has 0 radical (unpaired) electrons. The van der Waals surface area contributed by atoms with Crippen molar-refractivity contribution in [3.05, 3.63) is 41.7 Å². The van der Waals surface area contributed by atoms with Crippen LogP contribution >= 0.6 is 10.7 Å². The lowest BCUT2D eigenvalue weighted by atomic mass is 9.95. The quantitative estimate of drug-likeness (QED) is 0.764. The van der Waals surface area contributed by atoms with E-state index in [9.17, 15) is 8.42 Å². The molecule has 1 aromatic carbocycles. The molecule has 0 aliphatic heterocycles. The van der Waals surface area contributed by atoms with Gasteiger partial charge in [-0.15, -0.1) is 10.2 Å². The summed E-state index contributed by atoms with van der Waals surface area (Å²) in [6.07, 6.45) is 1.57. The zero-order valence-electron chi connectivity index (χ0n) is 12.0. The standard InChI is InChI=1S/C14H18ClN3O2S/c1-3-10-18-13(16-17-14(18)21(15,19)20)12(4-2)11-8-6-5-7-9-11/h5-9,12H,3-4,10H2,1-2H3. The minimum atomic E-state index is -3.90. The van der Waals surface area contributed by atoms with Gasteiger partial charge in [0.2, 0.25) is 0 Å². The highest BCUT2D eigenvalue weighted by Crippen LogP contribution is 2.28. The first kappa shape index (κ1) is 16.0. The van der Waals surface area contributed by atoms with E-state index in [4.69, 9.17) is 10.7 Å². The van der Waals surface area contributed by atoms with E-state index in [1.165, 1.54) is 0 Å². The highest BCUT2D eigenvalue weighted by Gasteiger charge is 2.26. The van der Waals surface area contributed by atoms with E-state index in [0.717, 1.165) is 18.4 Å². The highest BCUT2D eigenvalue weighted by molar-refractivity contribution is 8.13. The van der Waals surface area contributed by atoms with Gasteiger partial charge in [-0.05, 0) is 18.4 Å². The second kappa shape index (κ2) is 6.58. The van der Waals surface area contributed by atoms with Gasteiger partial charge in [0.25, 0.3) is 14.2 Å². The van der Waals surface area contributed by atoms with Crippen LogP contribution in [0.2, 0.25) is 0 Å². The molecule has 1 heterocycles. The van der Waals surface area contributed by atoms with Gasteiger partial charge in [0.05, 0.1) is 0 Å². The summed E-state index contributed by atoms with van der Waals surface area (Å²) in [7, 11) is 1.56. The summed E-state index contributed by atoms with van der Waals surface area (Å²) >= 11 is 0. The summed E-state index contributed by atoms with van der Waals surface area (Å²) in [5.41, 5.74) is 1.09. The molecular weight excluding hydrogens is 310 g/mol. The zero-order valence-corrected chi connectivity index (χ0v) is 13.6. The van der Waals surface area contributed by atoms with Gasteiger partial charge in [-0.25, -0.2) is 8.42 Å². The molecule has 1 atom stereocenters. The predicted octanol–water partition coefficient (Wildman–Crippen LogP) is 3.16. The molecule has 7 heteroatoms. The molecule has 0 aliphatic carbocycles. The van der Waals surface area contributed by atoms with Crippen LogP contribution in [0, 0.1) is 0 Å². The second-order valence-corrected chi connectivity index (χ2v) is 7.26. The van der Waals surface area contributed by atoms with Crippen molar-refractivity contribution in [3.8, 4) is 0 Å². The lowest BCUT2D eigenvalue weighted by Crippen LogP contribution is -2.13. The van der Waals surface area contributed by atoms with E-state index < -0.39 is 9.05 Å². The molecule has 0 aliphatic rings. The van der Waals surface area contributed by atoms with Crippen molar-refractivity contribution in [1.29, 1.82) is 0 Å². The van der Waals surface area contributed by atoms with Gasteiger partial charge in [-0.3, -0.25) is 0 Å². The van der Waals surface area contributed by atoms with Crippen molar-refractivity contribution >= 4 is 19.7 Å². The topological polar surface area (TPSA) is 64.8 Å². The van der Waals surface area contributed by atoms with Crippen LogP contribution in [0.4, 0.5) is 0 Å². The molecule has 2 aromatic rings. The third-order valence-electron chi connectivity index (χ3n) is 3.33. The molecule has 0 saturated heterocycles. The van der Waals surface area contributed by atoms with Crippen LogP contribution < -0.4 is 0 Å². The molecular formula is C14H18ClN3O2S. The van der Waals surface area contributed by atoms with E-state index in [0.29, 0.717) is 12.4 Å². The van der Waals surface area contributed by atoms with Crippen molar-refractivity contribution in [1.82, 2.24) is 14.8 Å². The largest absolute Gasteiger partial charge is 0.300 e. The monoisotopic (exact) mass is 327 g/mol. The maximum atomic E-state index is 11.6. The maximum absolute atomic E-state index is 11.6. The third kappa shape index (κ3) is 3.44. The Balaban J connectivity index is 2.54. The smallest absolute Gasteiger partial charge is 0.296 e. The Morgan fingerprint density at radius 1 is 1.19 bits per heavy atom. The van der Waals surface area contributed by atoms with Crippen LogP contribution in [0.3, 0.4) is 0 Å². The number of halogens is 1. The Labute approximate surface area is 129 Å². The molecule has 114 valence electrons. The minimum absolute atomic E-state index is 0.00239. The fraction of sp³-hybridized carbons (Fsp3) is 0.429. The van der Waals surface area contributed by atoms with Gasteiger partial charge in [0.1, 0.15) is 5.82 Å². The van der Waals surface area contributed by atoms with Crippen LogP contribution in [0.1, 0.15) is 44.0 Å². The van der Waals surface area contributed by atoms with E-state index in [1.54, 1.807) is 4.57 Å². The molecule has 0 amide bonds. The first-order valence-electron chi connectivity index (χ1n) is 6.91. The number of benzene rings is 1. The lowest BCUT2D eigenvalue weighted by molar-refractivity contribution is 0.541. The average Bonchev–Trinajstić information content (AvgIpc) is 2.85. The number of hydrogen-bond acceptors (Lipinski definition) is 4. The summed E-state index contributed by atoms with van der Waals surface area (Å²) in [4.78, 5) is 0. The van der Waals surface area contributed by atoms with Crippen molar-refractivity contribution in [3.63, 3.8) is 0 Å². The number of nitrogens with zero attached hydrogens (tertiary/aromatic N) is 3. The molecule has 0 saturated carbocycles. The second-order valence-electron chi connectivity index (χ2n) is 4.80. The van der Waals surface area contributed by atoms with Gasteiger partial charge in [0, 0.05) is 23.1 Å². The highest BCUT2D eigenvalue weighted by atomic mass is 35.7. The van der Waals surface area contributed by atoms with E-state index in [1.807, 2.05) is 44.2 Å². The minimum Gasteiger partial charge on any atom is -0.300 e. The average molecular weight is 328 g/mol. The molecule has 21 heavy (non-hydrogen) atoms. The molecule has 5 nitrogen and oxygen atoms in total. The van der Waals surface area contributed by atoms with Gasteiger partial charge in [0.15, 0.2) is 0 Å². The molecule has 0 N–H and O–H groups in total. The van der Waals surface area contributed by atoms with Crippen molar-refractivity contribution in [2.45, 2.75) is 44.3 Å². The van der Waals surface area contributed by atoms with Gasteiger partial charge < -0.3 is 4.57 Å². The van der Waals surface area contributed by atoms with Crippen LogP contribution in [0.25, 0.3) is 0 Å². The van der Waals surface area contributed by atoms with Gasteiger partial charge in [-0.1, -0.05) is 44.2 Å². The Bertz CT molecular complexity index is 698. The van der Waals surface area contributed by atoms with Crippen LogP contribution in [0.15, 0.2) is 35.5 Å². The lowest BCUT2D eigenvalue weighted by Gasteiger charge is -2.16. The summed E-state index contributed by atoms with van der Waals surface area (Å²) in [5, 5.41) is 7.72. The van der Waals surface area contributed by atoms with Gasteiger partial charge >= 0.3 is 0 Å². The predicted molar refractivity (Wildman–Crippen MR) is 81.9 cm³/mol. The fourth-order valence-electron chi connectivity index (χ4n) is 2.42. The number of hydrogen-bond donors (Lipinski definition) is 0. The molecule has 1 aromatic heterocycles. The summed E-state index contributed by atoms with van der Waals surface area (Å²) in [6, 6.07) is 9.87. The molecule has 2 rings (SSSR count). The first-order chi connectivity index (χ1) is 9.99. The molecule has 0 bridgehead atoms. The summed E-state index contributed by atoms with van der Waals surface area (Å²) in [5.74, 6) is 0.641. The Kier molecular flexibility index (Phi) is 5.00. The molecule has 1 unspecified atom stereocenters. The van der Waals surface area contributed by atoms with E-state index >= 15 is 0 Å².